The van der Waals surface area contributed by atoms with Crippen molar-refractivity contribution in [2.75, 3.05) is 7.11 Å². The number of nitro groups is 1. The molecule has 0 aliphatic carbocycles. The van der Waals surface area contributed by atoms with E-state index in [2.05, 4.69) is 4.74 Å². The van der Waals surface area contributed by atoms with E-state index in [0.717, 1.165) is 19.2 Å². The number of non-ortho nitro benzene ring substituents is 1. The fourth-order valence-electron chi connectivity index (χ4n) is 1.14. The zero-order chi connectivity index (χ0) is 13.0. The normalized spacial score (nSPS) is 9.76. The highest BCUT2D eigenvalue weighted by molar-refractivity contribution is 6.06. The van der Waals surface area contributed by atoms with Crippen molar-refractivity contribution in [3.05, 3.63) is 39.7 Å². The fraction of sp³-hybridized carbons (Fsp3) is 0.200. The molecular weight excluding hydrogens is 233 g/mol. The van der Waals surface area contributed by atoms with Gasteiger partial charge in [0.05, 0.1) is 23.7 Å². The lowest BCUT2D eigenvalue weighted by atomic mass is 10.1. The first kappa shape index (κ1) is 12.8. The molecule has 0 atom stereocenters. The average molecular weight is 241 g/mol. The summed E-state index contributed by atoms with van der Waals surface area (Å²) in [4.78, 5) is 31.8. The topological polar surface area (TPSA) is 86.5 Å². The quantitative estimate of drug-likeness (QED) is 0.262. The summed E-state index contributed by atoms with van der Waals surface area (Å²) < 4.78 is 17.6. The van der Waals surface area contributed by atoms with Gasteiger partial charge in [-0.3, -0.25) is 19.7 Å². The smallest absolute Gasteiger partial charge is 0.313 e. The molecule has 17 heavy (non-hydrogen) atoms. The van der Waals surface area contributed by atoms with Crippen LogP contribution in [0.15, 0.2) is 18.2 Å². The molecule has 6 nitrogen and oxygen atoms in total. The number of carbonyl (C=O) groups excluding carboxylic acids is 2. The lowest BCUT2D eigenvalue weighted by Crippen LogP contribution is -2.11. The standard InChI is InChI=1S/C10H8FNO5/c1-17-10(14)5-9(13)7-3-2-6(12(15)16)4-8(7)11/h2-4H,5H2,1H3. The Morgan fingerprint density at radius 1 is 1.47 bits per heavy atom. The molecule has 0 saturated heterocycles. The molecule has 0 fully saturated rings. The minimum atomic E-state index is -1.03. The van der Waals surface area contributed by atoms with Gasteiger partial charge in [-0.1, -0.05) is 0 Å². The number of hydrogen-bond donors (Lipinski definition) is 0. The number of halogens is 1. The van der Waals surface area contributed by atoms with Crippen LogP contribution in [0.1, 0.15) is 16.8 Å². The van der Waals surface area contributed by atoms with Gasteiger partial charge in [0.2, 0.25) is 0 Å². The van der Waals surface area contributed by atoms with Crippen LogP contribution in [0.25, 0.3) is 0 Å². The second-order valence-corrected chi connectivity index (χ2v) is 3.10. The van der Waals surface area contributed by atoms with Gasteiger partial charge in [-0.2, -0.15) is 0 Å². The van der Waals surface area contributed by atoms with E-state index in [1.54, 1.807) is 0 Å². The predicted octanol–water partition coefficient (Wildman–Crippen LogP) is 1.48. The third-order valence-corrected chi connectivity index (χ3v) is 2.00. The molecule has 0 amide bonds. The van der Waals surface area contributed by atoms with Gasteiger partial charge in [0.1, 0.15) is 12.2 Å². The summed E-state index contributed by atoms with van der Waals surface area (Å²) in [6, 6.07) is 2.59. The molecule has 0 aromatic heterocycles. The van der Waals surface area contributed by atoms with Gasteiger partial charge in [0.25, 0.3) is 5.69 Å². The minimum Gasteiger partial charge on any atom is -0.469 e. The number of ketones is 1. The molecule has 1 aromatic carbocycles. The highest BCUT2D eigenvalue weighted by Crippen LogP contribution is 2.17. The first-order valence-electron chi connectivity index (χ1n) is 4.49. The van der Waals surface area contributed by atoms with Crippen LogP contribution in [0.2, 0.25) is 0 Å². The maximum absolute atomic E-state index is 13.3. The largest absolute Gasteiger partial charge is 0.469 e. The number of esters is 1. The number of Topliss-reactive ketones (excluding diaryl/α,β-unsaturated/α-hetero) is 1. The molecule has 0 saturated carbocycles. The van der Waals surface area contributed by atoms with Crippen molar-refractivity contribution < 1.29 is 23.6 Å². The Hall–Kier alpha value is -2.31. The Bertz CT molecular complexity index is 486. The van der Waals surface area contributed by atoms with E-state index in [1.165, 1.54) is 0 Å². The average Bonchev–Trinajstić information content (AvgIpc) is 2.28. The number of nitrogens with zero attached hydrogens (tertiary/aromatic N) is 1. The Balaban J connectivity index is 2.96. The molecule has 0 spiro atoms. The van der Waals surface area contributed by atoms with Crippen LogP contribution in [0.4, 0.5) is 10.1 Å². The van der Waals surface area contributed by atoms with Gasteiger partial charge in [-0.05, 0) is 6.07 Å². The third-order valence-electron chi connectivity index (χ3n) is 2.00. The molecule has 7 heteroatoms. The summed E-state index contributed by atoms with van der Waals surface area (Å²) in [6.07, 6.45) is -0.606. The van der Waals surface area contributed by atoms with E-state index in [-0.39, 0.29) is 5.56 Å². The maximum Gasteiger partial charge on any atom is 0.313 e. The second-order valence-electron chi connectivity index (χ2n) is 3.10. The Morgan fingerprint density at radius 2 is 2.12 bits per heavy atom. The summed E-state index contributed by atoms with van der Waals surface area (Å²) in [5.41, 5.74) is -0.835. The van der Waals surface area contributed by atoms with Crippen LogP contribution in [0.3, 0.4) is 0 Å². The van der Waals surface area contributed by atoms with Crippen molar-refractivity contribution in [1.82, 2.24) is 0 Å². The zero-order valence-electron chi connectivity index (χ0n) is 8.81. The third kappa shape index (κ3) is 3.07. The van der Waals surface area contributed by atoms with E-state index >= 15 is 0 Å². The van der Waals surface area contributed by atoms with Gasteiger partial charge < -0.3 is 4.74 Å². The first-order chi connectivity index (χ1) is 7.95. The molecule has 0 radical (unpaired) electrons. The maximum atomic E-state index is 13.3. The summed E-state index contributed by atoms with van der Waals surface area (Å²) >= 11 is 0. The highest BCUT2D eigenvalue weighted by Gasteiger charge is 2.18. The number of rotatable bonds is 4. The molecule has 1 aromatic rings. The van der Waals surface area contributed by atoms with Crippen LogP contribution in [0, 0.1) is 15.9 Å². The molecule has 0 bridgehead atoms. The van der Waals surface area contributed by atoms with Crippen LogP contribution in [-0.4, -0.2) is 23.8 Å². The molecule has 0 heterocycles. The Kier molecular flexibility index (Phi) is 3.86. The van der Waals surface area contributed by atoms with Gasteiger partial charge >= 0.3 is 5.97 Å². The van der Waals surface area contributed by atoms with Crippen LogP contribution in [0.5, 0.6) is 0 Å². The van der Waals surface area contributed by atoms with Crippen LogP contribution >= 0.6 is 0 Å². The van der Waals surface area contributed by atoms with Crippen molar-refractivity contribution in [2.24, 2.45) is 0 Å². The molecular formula is C10H8FNO5. The van der Waals surface area contributed by atoms with E-state index in [9.17, 15) is 24.1 Å². The molecule has 90 valence electrons. The molecule has 0 N–H and O–H groups in total. The summed E-state index contributed by atoms with van der Waals surface area (Å²) in [5.74, 6) is -2.62. The number of benzene rings is 1. The van der Waals surface area contributed by atoms with Crippen molar-refractivity contribution in [2.45, 2.75) is 6.42 Å². The molecule has 0 aliphatic rings. The fourth-order valence-corrected chi connectivity index (χ4v) is 1.14. The zero-order valence-corrected chi connectivity index (χ0v) is 8.81. The van der Waals surface area contributed by atoms with Gasteiger partial charge in [-0.25, -0.2) is 4.39 Å². The lowest BCUT2D eigenvalue weighted by Gasteiger charge is -2.01. The van der Waals surface area contributed by atoms with Crippen molar-refractivity contribution in [3.8, 4) is 0 Å². The first-order valence-corrected chi connectivity index (χ1v) is 4.49. The summed E-state index contributed by atoms with van der Waals surface area (Å²) in [6.45, 7) is 0. The van der Waals surface area contributed by atoms with Gasteiger partial charge in [0.15, 0.2) is 5.78 Å². The van der Waals surface area contributed by atoms with E-state index in [0.29, 0.717) is 6.07 Å². The SMILES string of the molecule is COC(=O)CC(=O)c1ccc([N+](=O)[O-])cc1F. The van der Waals surface area contributed by atoms with Crippen molar-refractivity contribution >= 4 is 17.4 Å². The predicted molar refractivity (Wildman–Crippen MR) is 54.0 cm³/mol. The van der Waals surface area contributed by atoms with Gasteiger partial charge in [-0.15, -0.1) is 0 Å². The number of nitro benzene ring substituents is 1. The Labute approximate surface area is 95.1 Å². The van der Waals surface area contributed by atoms with E-state index < -0.39 is 34.6 Å². The minimum absolute atomic E-state index is 0.374. The molecule has 1 rings (SSSR count). The molecule has 0 aliphatic heterocycles. The van der Waals surface area contributed by atoms with Crippen molar-refractivity contribution in [3.63, 3.8) is 0 Å². The number of carbonyl (C=O) groups is 2. The van der Waals surface area contributed by atoms with Gasteiger partial charge in [0, 0.05) is 6.07 Å². The monoisotopic (exact) mass is 241 g/mol. The van der Waals surface area contributed by atoms with Crippen LogP contribution in [-0.2, 0) is 9.53 Å². The molecule has 0 unspecified atom stereocenters. The van der Waals surface area contributed by atoms with E-state index in [1.807, 2.05) is 0 Å². The Morgan fingerprint density at radius 3 is 2.59 bits per heavy atom. The van der Waals surface area contributed by atoms with Crippen LogP contribution < -0.4 is 0 Å². The lowest BCUT2D eigenvalue weighted by molar-refractivity contribution is -0.385. The van der Waals surface area contributed by atoms with E-state index in [4.69, 9.17) is 0 Å². The van der Waals surface area contributed by atoms with Crippen molar-refractivity contribution in [1.29, 1.82) is 0 Å². The second kappa shape index (κ2) is 5.15. The highest BCUT2D eigenvalue weighted by atomic mass is 19.1. The summed E-state index contributed by atoms with van der Waals surface area (Å²) in [7, 11) is 1.10. The number of methoxy groups -OCH3 is 1. The number of hydrogen-bond acceptors (Lipinski definition) is 5. The summed E-state index contributed by atoms with van der Waals surface area (Å²) in [5, 5.41) is 10.3. The number of ether oxygens (including phenoxy) is 1.